The minimum atomic E-state index is -0.145. The molecule has 2 rings (SSSR count). The number of para-hydroxylation sites is 1. The van der Waals surface area contributed by atoms with Gasteiger partial charge in [-0.15, -0.1) is 0 Å². The molecule has 0 saturated heterocycles. The molecule has 0 fully saturated rings. The van der Waals surface area contributed by atoms with Gasteiger partial charge in [0, 0.05) is 30.4 Å². The van der Waals surface area contributed by atoms with Gasteiger partial charge in [-0.25, -0.2) is 4.79 Å². The van der Waals surface area contributed by atoms with Crippen molar-refractivity contribution < 1.29 is 4.79 Å². The number of hydrogen-bond donors (Lipinski definition) is 1. The summed E-state index contributed by atoms with van der Waals surface area (Å²) in [6.07, 6.45) is 3.70. The molecule has 1 aromatic heterocycles. The van der Waals surface area contributed by atoms with E-state index in [1.54, 1.807) is 35.2 Å². The number of Topliss-reactive ketones (excluding diaryl/α,β-unsaturated/α-hetero) is 1. The van der Waals surface area contributed by atoms with Crippen molar-refractivity contribution in [3.8, 4) is 5.69 Å². The molecule has 0 amide bonds. The van der Waals surface area contributed by atoms with Crippen LogP contribution in [0.3, 0.4) is 0 Å². The van der Waals surface area contributed by atoms with Crippen molar-refractivity contribution in [1.82, 2.24) is 9.13 Å². The first kappa shape index (κ1) is 14.3. The standard InChI is InChI=1S/C15H19N3O2/c1-11(2)17-9-10-18(15(17)20)13-6-4-3-5-12(13)14(19)7-8-16/h3-6,9-11H,7-8,16H2,1-2H3. The van der Waals surface area contributed by atoms with E-state index in [1.807, 2.05) is 19.9 Å². The lowest BCUT2D eigenvalue weighted by atomic mass is 10.1. The molecular weight excluding hydrogens is 254 g/mol. The highest BCUT2D eigenvalue weighted by atomic mass is 16.2. The van der Waals surface area contributed by atoms with Crippen molar-refractivity contribution in [2.24, 2.45) is 5.73 Å². The monoisotopic (exact) mass is 273 g/mol. The SMILES string of the molecule is CC(C)n1ccn(-c2ccccc2C(=O)CCN)c1=O. The Morgan fingerprint density at radius 3 is 2.55 bits per heavy atom. The van der Waals surface area contributed by atoms with Crippen LogP contribution in [0.15, 0.2) is 41.5 Å². The second-order valence-electron chi connectivity index (χ2n) is 4.93. The molecule has 0 radical (unpaired) electrons. The summed E-state index contributed by atoms with van der Waals surface area (Å²) in [5.41, 5.74) is 6.43. The fraction of sp³-hybridized carbons (Fsp3) is 0.333. The van der Waals surface area contributed by atoms with Crippen LogP contribution < -0.4 is 11.4 Å². The normalized spacial score (nSPS) is 11.0. The van der Waals surface area contributed by atoms with Crippen molar-refractivity contribution in [3.63, 3.8) is 0 Å². The summed E-state index contributed by atoms with van der Waals surface area (Å²) in [6.45, 7) is 4.18. The van der Waals surface area contributed by atoms with Gasteiger partial charge in [-0.3, -0.25) is 13.9 Å². The first-order valence-electron chi connectivity index (χ1n) is 6.68. The van der Waals surface area contributed by atoms with Gasteiger partial charge in [0.1, 0.15) is 0 Å². The number of rotatable bonds is 5. The van der Waals surface area contributed by atoms with Crippen LogP contribution in [0, 0.1) is 0 Å². The summed E-state index contributed by atoms with van der Waals surface area (Å²) in [6, 6.07) is 7.18. The van der Waals surface area contributed by atoms with E-state index in [0.29, 0.717) is 17.8 Å². The van der Waals surface area contributed by atoms with Crippen molar-refractivity contribution >= 4 is 5.78 Å². The number of nitrogens with zero attached hydrogens (tertiary/aromatic N) is 2. The number of nitrogens with two attached hydrogens (primary N) is 1. The van der Waals surface area contributed by atoms with E-state index in [0.717, 1.165) is 0 Å². The van der Waals surface area contributed by atoms with Crippen LogP contribution in [0.25, 0.3) is 5.69 Å². The molecule has 0 spiro atoms. The molecule has 0 unspecified atom stereocenters. The number of aromatic nitrogens is 2. The largest absolute Gasteiger partial charge is 0.332 e. The predicted octanol–water partition coefficient (Wildman–Crippen LogP) is 1.75. The quantitative estimate of drug-likeness (QED) is 0.844. The summed E-state index contributed by atoms with van der Waals surface area (Å²) >= 11 is 0. The lowest BCUT2D eigenvalue weighted by Crippen LogP contribution is -2.25. The van der Waals surface area contributed by atoms with Crippen molar-refractivity contribution in [2.45, 2.75) is 26.3 Å². The van der Waals surface area contributed by atoms with Gasteiger partial charge in [0.25, 0.3) is 0 Å². The topological polar surface area (TPSA) is 70.0 Å². The fourth-order valence-corrected chi connectivity index (χ4v) is 2.15. The summed E-state index contributed by atoms with van der Waals surface area (Å²) in [4.78, 5) is 24.4. The minimum Gasteiger partial charge on any atom is -0.330 e. The Balaban J connectivity index is 2.54. The van der Waals surface area contributed by atoms with E-state index < -0.39 is 0 Å². The molecular formula is C15H19N3O2. The van der Waals surface area contributed by atoms with Gasteiger partial charge in [0.05, 0.1) is 5.69 Å². The highest BCUT2D eigenvalue weighted by Gasteiger charge is 2.14. The third kappa shape index (κ3) is 2.58. The Kier molecular flexibility index (Phi) is 4.20. The second kappa shape index (κ2) is 5.88. The molecule has 2 aromatic rings. The maximum absolute atomic E-state index is 12.3. The number of imidazole rings is 1. The molecule has 0 bridgehead atoms. The summed E-state index contributed by atoms with van der Waals surface area (Å²) in [5.74, 6) is -0.0488. The van der Waals surface area contributed by atoms with Crippen molar-refractivity contribution in [2.75, 3.05) is 6.54 Å². The Morgan fingerprint density at radius 2 is 1.95 bits per heavy atom. The Hall–Kier alpha value is -2.14. The zero-order valence-electron chi connectivity index (χ0n) is 11.7. The average Bonchev–Trinajstić information content (AvgIpc) is 2.81. The molecule has 5 nitrogen and oxygen atoms in total. The second-order valence-corrected chi connectivity index (χ2v) is 4.93. The summed E-state index contributed by atoms with van der Waals surface area (Å²) < 4.78 is 3.13. The van der Waals surface area contributed by atoms with Gasteiger partial charge < -0.3 is 5.73 Å². The number of ketones is 1. The van der Waals surface area contributed by atoms with Crippen LogP contribution in [0.5, 0.6) is 0 Å². The molecule has 0 aliphatic carbocycles. The van der Waals surface area contributed by atoms with Crippen LogP contribution >= 0.6 is 0 Å². The van der Waals surface area contributed by atoms with Crippen LogP contribution in [0.1, 0.15) is 36.7 Å². The molecule has 0 saturated carbocycles. The molecule has 0 aliphatic heterocycles. The van der Waals surface area contributed by atoms with Crippen LogP contribution in [-0.2, 0) is 0 Å². The lowest BCUT2D eigenvalue weighted by Gasteiger charge is -2.09. The first-order chi connectivity index (χ1) is 9.56. The zero-order valence-corrected chi connectivity index (χ0v) is 11.7. The average molecular weight is 273 g/mol. The van der Waals surface area contributed by atoms with Gasteiger partial charge in [0.2, 0.25) is 0 Å². The Morgan fingerprint density at radius 1 is 1.25 bits per heavy atom. The third-order valence-corrected chi connectivity index (χ3v) is 3.20. The van der Waals surface area contributed by atoms with Crippen LogP contribution in [0.4, 0.5) is 0 Å². The Bertz CT molecular complexity index is 668. The van der Waals surface area contributed by atoms with E-state index in [4.69, 9.17) is 5.73 Å². The van der Waals surface area contributed by atoms with Crippen molar-refractivity contribution in [1.29, 1.82) is 0 Å². The first-order valence-corrected chi connectivity index (χ1v) is 6.68. The third-order valence-electron chi connectivity index (χ3n) is 3.20. The van der Waals surface area contributed by atoms with E-state index in [9.17, 15) is 9.59 Å². The number of carbonyl (C=O) groups excluding carboxylic acids is 1. The van der Waals surface area contributed by atoms with E-state index in [1.165, 1.54) is 4.57 Å². The summed E-state index contributed by atoms with van der Waals surface area (Å²) in [7, 11) is 0. The molecule has 106 valence electrons. The van der Waals surface area contributed by atoms with Crippen LogP contribution in [-0.4, -0.2) is 21.5 Å². The van der Waals surface area contributed by atoms with Crippen LogP contribution in [0.2, 0.25) is 0 Å². The van der Waals surface area contributed by atoms with Gasteiger partial charge in [-0.2, -0.15) is 0 Å². The van der Waals surface area contributed by atoms with E-state index >= 15 is 0 Å². The van der Waals surface area contributed by atoms with Gasteiger partial charge in [-0.05, 0) is 32.5 Å². The summed E-state index contributed by atoms with van der Waals surface area (Å²) in [5, 5.41) is 0. The van der Waals surface area contributed by atoms with Gasteiger partial charge >= 0.3 is 5.69 Å². The predicted molar refractivity (Wildman–Crippen MR) is 78.4 cm³/mol. The number of hydrogen-bond acceptors (Lipinski definition) is 3. The minimum absolute atomic E-state index is 0.0488. The van der Waals surface area contributed by atoms with Crippen molar-refractivity contribution in [3.05, 3.63) is 52.7 Å². The molecule has 0 atom stereocenters. The highest BCUT2D eigenvalue weighted by molar-refractivity contribution is 5.99. The molecule has 1 aromatic carbocycles. The van der Waals surface area contributed by atoms with Gasteiger partial charge in [-0.1, -0.05) is 12.1 Å². The fourth-order valence-electron chi connectivity index (χ4n) is 2.15. The van der Waals surface area contributed by atoms with E-state index in [2.05, 4.69) is 0 Å². The number of carbonyl (C=O) groups is 1. The molecule has 0 aliphatic rings. The molecule has 5 heteroatoms. The number of benzene rings is 1. The highest BCUT2D eigenvalue weighted by Crippen LogP contribution is 2.15. The molecule has 20 heavy (non-hydrogen) atoms. The maximum Gasteiger partial charge on any atom is 0.332 e. The van der Waals surface area contributed by atoms with E-state index in [-0.39, 0.29) is 23.9 Å². The van der Waals surface area contributed by atoms with Gasteiger partial charge in [0.15, 0.2) is 5.78 Å². The zero-order chi connectivity index (χ0) is 14.7. The molecule has 2 N–H and O–H groups in total. The maximum atomic E-state index is 12.3. The molecule has 1 heterocycles. The lowest BCUT2D eigenvalue weighted by molar-refractivity contribution is 0.0985. The smallest absolute Gasteiger partial charge is 0.330 e. The Labute approximate surface area is 117 Å².